The topological polar surface area (TPSA) is 86.7 Å². The van der Waals surface area contributed by atoms with Crippen LogP contribution in [0, 0.1) is 0 Å². The van der Waals surface area contributed by atoms with Crippen LogP contribution in [0.4, 0.5) is 5.69 Å². The van der Waals surface area contributed by atoms with Gasteiger partial charge in [-0.1, -0.05) is 18.2 Å². The van der Waals surface area contributed by atoms with Gasteiger partial charge in [0.15, 0.2) is 0 Å². The molecule has 0 fully saturated rings. The smallest absolute Gasteiger partial charge is 0.303 e. The number of amides is 2. The van der Waals surface area contributed by atoms with Gasteiger partial charge in [-0.25, -0.2) is 0 Å². The van der Waals surface area contributed by atoms with Crippen LogP contribution in [0.5, 0.6) is 0 Å². The third kappa shape index (κ3) is 5.17. The van der Waals surface area contributed by atoms with Crippen LogP contribution in [0.1, 0.15) is 39.6 Å². The first-order valence-corrected chi connectivity index (χ1v) is 8.38. The zero-order valence-electron chi connectivity index (χ0n) is 14.9. The fourth-order valence-electron chi connectivity index (χ4n) is 2.42. The van der Waals surface area contributed by atoms with Crippen LogP contribution in [-0.4, -0.2) is 41.4 Å². The lowest BCUT2D eigenvalue weighted by atomic mass is 10.1. The zero-order valence-corrected chi connectivity index (χ0v) is 14.9. The number of carboxylic acids is 1. The van der Waals surface area contributed by atoms with Crippen LogP contribution in [0.2, 0.25) is 0 Å². The number of carbonyl (C=O) groups excluding carboxylic acids is 2. The van der Waals surface area contributed by atoms with Gasteiger partial charge in [-0.15, -0.1) is 0 Å². The highest BCUT2D eigenvalue weighted by molar-refractivity contribution is 6.06. The third-order valence-electron chi connectivity index (χ3n) is 4.01. The number of aliphatic carboxylic acids is 1. The van der Waals surface area contributed by atoms with E-state index in [0.29, 0.717) is 29.8 Å². The fraction of sp³-hybridized carbons (Fsp3) is 0.250. The predicted octanol–water partition coefficient (Wildman–Crippen LogP) is 3.05. The molecule has 0 saturated heterocycles. The minimum atomic E-state index is -0.863. The van der Waals surface area contributed by atoms with E-state index in [2.05, 4.69) is 5.32 Å². The van der Waals surface area contributed by atoms with Gasteiger partial charge >= 0.3 is 5.97 Å². The van der Waals surface area contributed by atoms with Gasteiger partial charge in [0, 0.05) is 36.8 Å². The molecule has 2 aromatic carbocycles. The summed E-state index contributed by atoms with van der Waals surface area (Å²) in [6.07, 6.45) is 0.429. The summed E-state index contributed by atoms with van der Waals surface area (Å²) in [4.78, 5) is 37.0. The monoisotopic (exact) mass is 354 g/mol. The molecule has 6 nitrogen and oxygen atoms in total. The first kappa shape index (κ1) is 19.2. The van der Waals surface area contributed by atoms with Crippen molar-refractivity contribution in [1.82, 2.24) is 4.90 Å². The molecule has 0 bridgehead atoms. The van der Waals surface area contributed by atoms with E-state index in [1.165, 1.54) is 0 Å². The summed E-state index contributed by atoms with van der Waals surface area (Å²) < 4.78 is 0. The SMILES string of the molecule is CCN(C)C(=O)c1cccc(C(=O)Nc2cccc(CCC(=O)O)c2)c1. The van der Waals surface area contributed by atoms with E-state index in [0.717, 1.165) is 5.56 Å². The minimum Gasteiger partial charge on any atom is -0.481 e. The standard InChI is InChI=1S/C20H22N2O4/c1-3-22(2)20(26)16-8-5-7-15(13-16)19(25)21-17-9-4-6-14(12-17)10-11-18(23)24/h4-9,12-13H,3,10-11H2,1-2H3,(H,21,25)(H,23,24). The Morgan fingerprint density at radius 2 is 1.73 bits per heavy atom. The number of carboxylic acid groups (broad SMARTS) is 1. The second kappa shape index (κ2) is 8.80. The normalized spacial score (nSPS) is 10.2. The lowest BCUT2D eigenvalue weighted by Crippen LogP contribution is -2.26. The quantitative estimate of drug-likeness (QED) is 0.800. The van der Waals surface area contributed by atoms with Gasteiger partial charge in [0.25, 0.3) is 11.8 Å². The molecule has 26 heavy (non-hydrogen) atoms. The lowest BCUT2D eigenvalue weighted by molar-refractivity contribution is -0.136. The summed E-state index contributed by atoms with van der Waals surface area (Å²) in [6, 6.07) is 13.6. The van der Waals surface area contributed by atoms with E-state index in [4.69, 9.17) is 5.11 Å². The van der Waals surface area contributed by atoms with Gasteiger partial charge < -0.3 is 15.3 Å². The van der Waals surface area contributed by atoms with Crippen LogP contribution in [0.15, 0.2) is 48.5 Å². The summed E-state index contributed by atoms with van der Waals surface area (Å²) in [5, 5.41) is 11.5. The van der Waals surface area contributed by atoms with E-state index in [-0.39, 0.29) is 18.2 Å². The number of anilines is 1. The van der Waals surface area contributed by atoms with E-state index in [1.54, 1.807) is 54.4 Å². The fourth-order valence-corrected chi connectivity index (χ4v) is 2.42. The Kier molecular flexibility index (Phi) is 6.49. The molecule has 0 spiro atoms. The van der Waals surface area contributed by atoms with E-state index >= 15 is 0 Å². The number of rotatable bonds is 7. The number of nitrogens with one attached hydrogen (secondary N) is 1. The predicted molar refractivity (Wildman–Crippen MR) is 99.4 cm³/mol. The van der Waals surface area contributed by atoms with Gasteiger partial charge in [0.1, 0.15) is 0 Å². The van der Waals surface area contributed by atoms with Crippen LogP contribution in [0.25, 0.3) is 0 Å². The van der Waals surface area contributed by atoms with Crippen molar-refractivity contribution >= 4 is 23.5 Å². The lowest BCUT2D eigenvalue weighted by Gasteiger charge is -2.15. The molecule has 0 aliphatic rings. The molecule has 0 saturated carbocycles. The Morgan fingerprint density at radius 1 is 1.04 bits per heavy atom. The minimum absolute atomic E-state index is 0.0342. The van der Waals surface area contributed by atoms with Gasteiger partial charge in [0.2, 0.25) is 0 Å². The first-order valence-electron chi connectivity index (χ1n) is 8.38. The number of aryl methyl sites for hydroxylation is 1. The number of nitrogens with zero attached hydrogens (tertiary/aromatic N) is 1. The molecule has 0 heterocycles. The molecule has 0 unspecified atom stereocenters. The largest absolute Gasteiger partial charge is 0.481 e. The second-order valence-electron chi connectivity index (χ2n) is 5.95. The summed E-state index contributed by atoms with van der Waals surface area (Å²) in [7, 11) is 1.71. The van der Waals surface area contributed by atoms with Crippen molar-refractivity contribution in [3.63, 3.8) is 0 Å². The maximum atomic E-state index is 12.5. The highest BCUT2D eigenvalue weighted by atomic mass is 16.4. The maximum Gasteiger partial charge on any atom is 0.303 e. The highest BCUT2D eigenvalue weighted by Crippen LogP contribution is 2.15. The third-order valence-corrected chi connectivity index (χ3v) is 4.01. The van der Waals surface area contributed by atoms with Gasteiger partial charge in [-0.2, -0.15) is 0 Å². The van der Waals surface area contributed by atoms with Crippen molar-refractivity contribution in [2.45, 2.75) is 19.8 Å². The Hall–Kier alpha value is -3.15. The van der Waals surface area contributed by atoms with E-state index in [1.807, 2.05) is 13.0 Å². The Bertz CT molecular complexity index is 817. The summed E-state index contributed by atoms with van der Waals surface area (Å²) >= 11 is 0. The second-order valence-corrected chi connectivity index (χ2v) is 5.95. The average Bonchev–Trinajstić information content (AvgIpc) is 2.65. The van der Waals surface area contributed by atoms with Crippen molar-refractivity contribution in [2.75, 3.05) is 18.9 Å². The summed E-state index contributed by atoms with van der Waals surface area (Å²) in [5.41, 5.74) is 2.26. The number of benzene rings is 2. The summed E-state index contributed by atoms with van der Waals surface area (Å²) in [6.45, 7) is 2.46. The molecule has 0 aliphatic heterocycles. The first-order chi connectivity index (χ1) is 12.4. The Morgan fingerprint density at radius 3 is 2.42 bits per heavy atom. The number of carbonyl (C=O) groups is 3. The van der Waals surface area contributed by atoms with E-state index in [9.17, 15) is 14.4 Å². The molecular weight excluding hydrogens is 332 g/mol. The Balaban J connectivity index is 2.11. The average molecular weight is 354 g/mol. The zero-order chi connectivity index (χ0) is 19.1. The summed E-state index contributed by atoms with van der Waals surface area (Å²) in [5.74, 6) is -1.33. The highest BCUT2D eigenvalue weighted by Gasteiger charge is 2.13. The van der Waals surface area contributed by atoms with Crippen LogP contribution in [-0.2, 0) is 11.2 Å². The molecule has 2 rings (SSSR count). The van der Waals surface area contributed by atoms with Crippen LogP contribution >= 0.6 is 0 Å². The Labute approximate surface area is 152 Å². The van der Waals surface area contributed by atoms with Gasteiger partial charge in [-0.3, -0.25) is 14.4 Å². The van der Waals surface area contributed by atoms with Crippen LogP contribution < -0.4 is 5.32 Å². The van der Waals surface area contributed by atoms with Crippen molar-refractivity contribution in [2.24, 2.45) is 0 Å². The molecule has 2 aromatic rings. The van der Waals surface area contributed by atoms with Crippen molar-refractivity contribution < 1.29 is 19.5 Å². The molecular formula is C20H22N2O4. The molecule has 2 N–H and O–H groups in total. The number of hydrogen-bond donors (Lipinski definition) is 2. The van der Waals surface area contributed by atoms with Crippen molar-refractivity contribution in [3.05, 3.63) is 65.2 Å². The van der Waals surface area contributed by atoms with Gasteiger partial charge in [0.05, 0.1) is 0 Å². The molecule has 0 aromatic heterocycles. The van der Waals surface area contributed by atoms with Crippen molar-refractivity contribution in [3.8, 4) is 0 Å². The van der Waals surface area contributed by atoms with Crippen molar-refractivity contribution in [1.29, 1.82) is 0 Å². The molecule has 136 valence electrons. The number of hydrogen-bond acceptors (Lipinski definition) is 3. The molecule has 6 heteroatoms. The molecule has 2 amide bonds. The van der Waals surface area contributed by atoms with Crippen LogP contribution in [0.3, 0.4) is 0 Å². The molecule has 0 atom stereocenters. The van der Waals surface area contributed by atoms with Gasteiger partial charge in [-0.05, 0) is 49.2 Å². The maximum absolute atomic E-state index is 12.5. The van der Waals surface area contributed by atoms with E-state index < -0.39 is 5.97 Å². The molecule has 0 aliphatic carbocycles. The molecule has 0 radical (unpaired) electrons.